The standard InChI is InChI=1S/2C27H35.2CH3.Zr/c2*1-26(2,3)19-12-14-21-22-15-13-20(27(4,5)6)17-24(22)25(23(21)16-19)18-10-8-7-9-11-18;;;/h2*12-16,18,25H,7-11H2,1-6H3;2*1H3;/q4*-1;+4. The monoisotopic (exact) mass is 838 g/mol. The van der Waals surface area contributed by atoms with Crippen LogP contribution < -0.4 is 0 Å². The van der Waals surface area contributed by atoms with E-state index in [9.17, 15) is 0 Å². The van der Waals surface area contributed by atoms with Crippen LogP contribution in [-0.4, -0.2) is 0 Å². The van der Waals surface area contributed by atoms with E-state index in [1.807, 2.05) is 0 Å². The number of benzene rings is 4. The smallest absolute Gasteiger partial charge is 0.358 e. The van der Waals surface area contributed by atoms with Gasteiger partial charge in [-0.1, -0.05) is 169 Å². The molecule has 0 aliphatic heterocycles. The summed E-state index contributed by atoms with van der Waals surface area (Å²) in [6.45, 7) is 27.8. The molecule has 304 valence electrons. The molecule has 1 heteroatoms. The van der Waals surface area contributed by atoms with Crippen molar-refractivity contribution >= 4 is 0 Å². The summed E-state index contributed by atoms with van der Waals surface area (Å²) in [6.07, 6.45) is 13.9. The Bertz CT molecular complexity index is 1700. The predicted molar refractivity (Wildman–Crippen MR) is 246 cm³/mol. The van der Waals surface area contributed by atoms with E-state index >= 15 is 0 Å². The van der Waals surface area contributed by atoms with Crippen molar-refractivity contribution in [2.75, 3.05) is 0 Å². The quantitative estimate of drug-likeness (QED) is 0.176. The van der Waals surface area contributed by atoms with Crippen molar-refractivity contribution in [3.63, 3.8) is 0 Å². The van der Waals surface area contributed by atoms with Gasteiger partial charge in [-0.15, -0.1) is 22.3 Å². The molecule has 2 saturated carbocycles. The van der Waals surface area contributed by atoms with E-state index in [0.717, 1.165) is 11.8 Å². The molecule has 0 N–H and O–H groups in total. The molecule has 2 atom stereocenters. The van der Waals surface area contributed by atoms with Crippen molar-refractivity contribution in [1.82, 2.24) is 0 Å². The van der Waals surface area contributed by atoms with Crippen LogP contribution in [0.3, 0.4) is 0 Å². The molecule has 0 spiro atoms. The topological polar surface area (TPSA) is 0 Å². The Morgan fingerprint density at radius 3 is 1.02 bits per heavy atom. The molecule has 4 aromatic carbocycles. The first kappa shape index (κ1) is 47.4. The molecule has 57 heavy (non-hydrogen) atoms. The van der Waals surface area contributed by atoms with E-state index in [1.54, 1.807) is 11.1 Å². The van der Waals surface area contributed by atoms with Crippen LogP contribution >= 0.6 is 0 Å². The fourth-order valence-electron chi connectivity index (χ4n) is 10.1. The Labute approximate surface area is 371 Å². The van der Waals surface area contributed by atoms with Crippen molar-refractivity contribution in [2.24, 2.45) is 11.8 Å². The Morgan fingerprint density at radius 2 is 0.719 bits per heavy atom. The maximum absolute atomic E-state index is 3.92. The zero-order valence-electron chi connectivity index (χ0n) is 38.7. The number of hydrogen-bond acceptors (Lipinski definition) is 0. The maximum atomic E-state index is 3.92. The Hall–Kier alpha value is -2.24. The third-order valence-electron chi connectivity index (χ3n) is 13.5. The van der Waals surface area contributed by atoms with E-state index in [4.69, 9.17) is 0 Å². The van der Waals surface area contributed by atoms with Crippen LogP contribution in [0.2, 0.25) is 0 Å². The van der Waals surface area contributed by atoms with Crippen LogP contribution in [0.15, 0.2) is 60.7 Å². The summed E-state index contributed by atoms with van der Waals surface area (Å²) in [5.74, 6) is 2.64. The van der Waals surface area contributed by atoms with E-state index in [2.05, 4.69) is 156 Å². The Morgan fingerprint density at radius 1 is 0.404 bits per heavy atom. The SMILES string of the molecule is CC(C)(C)c1[c-]c2c(cc1)-c1ccc(C(C)(C)C)cc1C2C1CCCCC1.CC(C)(C)c1[c-]c2c(cc1)-c1ccc(C(C)(C)C)cc1C2C1CCCCC1.[CH3-].[CH3-].[Zr+4]. The fraction of sp³-hybridized carbons (Fsp3) is 0.536. The summed E-state index contributed by atoms with van der Waals surface area (Å²) < 4.78 is 0. The molecule has 0 aromatic heterocycles. The minimum Gasteiger partial charge on any atom is -0.358 e. The van der Waals surface area contributed by atoms with Gasteiger partial charge < -0.3 is 14.9 Å². The minimum absolute atomic E-state index is 0. The van der Waals surface area contributed by atoms with Crippen LogP contribution in [0, 0.1) is 38.8 Å². The van der Waals surface area contributed by atoms with Crippen LogP contribution in [0.25, 0.3) is 22.3 Å². The first-order valence-corrected chi connectivity index (χ1v) is 21.8. The molecule has 0 saturated heterocycles. The van der Waals surface area contributed by atoms with Gasteiger partial charge >= 0.3 is 26.2 Å². The molecule has 8 rings (SSSR count). The number of fused-ring (bicyclic) bond motifs is 6. The van der Waals surface area contributed by atoms with Gasteiger partial charge in [-0.2, -0.15) is 47.5 Å². The van der Waals surface area contributed by atoms with Crippen molar-refractivity contribution in [3.05, 3.63) is 132 Å². The molecule has 0 nitrogen and oxygen atoms in total. The average Bonchev–Trinajstić information content (AvgIpc) is 3.62. The summed E-state index contributed by atoms with van der Waals surface area (Å²) >= 11 is 0. The number of hydrogen-bond donors (Lipinski definition) is 0. The first-order valence-electron chi connectivity index (χ1n) is 21.8. The number of rotatable bonds is 2. The van der Waals surface area contributed by atoms with Crippen molar-refractivity contribution in [1.29, 1.82) is 0 Å². The zero-order chi connectivity index (χ0) is 38.8. The van der Waals surface area contributed by atoms with Gasteiger partial charge in [-0.25, -0.2) is 0 Å². The van der Waals surface area contributed by atoms with E-state index in [1.165, 1.54) is 120 Å². The molecule has 0 radical (unpaired) electrons. The van der Waals surface area contributed by atoms with Crippen molar-refractivity contribution < 1.29 is 26.2 Å². The van der Waals surface area contributed by atoms with E-state index < -0.39 is 0 Å². The zero-order valence-corrected chi connectivity index (χ0v) is 41.1. The van der Waals surface area contributed by atoms with Crippen molar-refractivity contribution in [2.45, 2.75) is 181 Å². The first-order chi connectivity index (χ1) is 25.3. The second kappa shape index (κ2) is 17.8. The van der Waals surface area contributed by atoms with Gasteiger partial charge in [0.05, 0.1) is 0 Å². The second-order valence-electron chi connectivity index (χ2n) is 21.8. The molecule has 4 aromatic rings. The second-order valence-corrected chi connectivity index (χ2v) is 21.8. The molecule has 2 fully saturated rings. The van der Waals surface area contributed by atoms with Gasteiger partial charge in [0.25, 0.3) is 0 Å². The van der Waals surface area contributed by atoms with Crippen LogP contribution in [0.5, 0.6) is 0 Å². The fourth-order valence-corrected chi connectivity index (χ4v) is 10.1. The van der Waals surface area contributed by atoms with Crippen LogP contribution in [-0.2, 0) is 47.9 Å². The van der Waals surface area contributed by atoms with E-state index in [0.29, 0.717) is 11.8 Å². The summed E-state index contributed by atoms with van der Waals surface area (Å²) in [6, 6.07) is 31.7. The van der Waals surface area contributed by atoms with Gasteiger partial charge in [0.2, 0.25) is 0 Å². The molecule has 4 aliphatic carbocycles. The summed E-state index contributed by atoms with van der Waals surface area (Å²) in [4.78, 5) is 0. The molecule has 0 bridgehead atoms. The largest absolute Gasteiger partial charge is 4.00 e. The van der Waals surface area contributed by atoms with Gasteiger partial charge in [0.1, 0.15) is 0 Å². The maximum Gasteiger partial charge on any atom is 4.00 e. The third kappa shape index (κ3) is 9.72. The summed E-state index contributed by atoms with van der Waals surface area (Å²) in [7, 11) is 0. The Balaban J connectivity index is 0.000000240. The molecule has 0 heterocycles. The van der Waals surface area contributed by atoms with Crippen LogP contribution in [0.4, 0.5) is 0 Å². The average molecular weight is 840 g/mol. The predicted octanol–water partition coefficient (Wildman–Crippen LogP) is 16.4. The Kier molecular flexibility index (Phi) is 14.8. The van der Waals surface area contributed by atoms with Gasteiger partial charge in [0.15, 0.2) is 0 Å². The van der Waals surface area contributed by atoms with Gasteiger partial charge in [-0.3, -0.25) is 0 Å². The third-order valence-corrected chi connectivity index (χ3v) is 13.5. The van der Waals surface area contributed by atoms with Gasteiger partial charge in [0, 0.05) is 0 Å². The molecular weight excluding hydrogens is 764 g/mol. The van der Waals surface area contributed by atoms with Gasteiger partial charge in [-0.05, 0) is 93.3 Å². The molecular formula is C56H76Zr. The normalized spacial score (nSPS) is 19.4. The molecule has 2 unspecified atom stereocenters. The molecule has 4 aliphatic rings. The van der Waals surface area contributed by atoms with E-state index in [-0.39, 0.29) is 62.7 Å². The molecule has 0 amide bonds. The van der Waals surface area contributed by atoms with Crippen LogP contribution in [0.1, 0.15) is 204 Å². The summed E-state index contributed by atoms with van der Waals surface area (Å²) in [5, 5.41) is 0. The minimum atomic E-state index is 0. The summed E-state index contributed by atoms with van der Waals surface area (Å²) in [5.41, 5.74) is 18.2. The van der Waals surface area contributed by atoms with Crippen molar-refractivity contribution in [3.8, 4) is 22.3 Å².